The van der Waals surface area contributed by atoms with Crippen LogP contribution in [0.1, 0.15) is 127 Å². The van der Waals surface area contributed by atoms with Gasteiger partial charge in [0.1, 0.15) is 5.56 Å². The van der Waals surface area contributed by atoms with E-state index in [9.17, 15) is 9.59 Å². The van der Waals surface area contributed by atoms with Crippen molar-refractivity contribution in [3.8, 4) is 17.0 Å². The van der Waals surface area contributed by atoms with E-state index in [0.717, 1.165) is 48.8 Å². The number of ether oxygens (including phenoxy) is 2. The molecule has 6 heteroatoms. The Balaban J connectivity index is 1.58. The van der Waals surface area contributed by atoms with Gasteiger partial charge in [0, 0.05) is 6.42 Å². The normalized spacial score (nSPS) is 13.3. The highest BCUT2D eigenvalue weighted by Crippen LogP contribution is 2.35. The van der Waals surface area contributed by atoms with Crippen LogP contribution < -0.4 is 10.3 Å². The van der Waals surface area contributed by atoms with Gasteiger partial charge in [-0.2, -0.15) is 0 Å². The molecule has 0 saturated heterocycles. The predicted octanol–water partition coefficient (Wildman–Crippen LogP) is 8.17. The van der Waals surface area contributed by atoms with E-state index in [2.05, 4.69) is 39.8 Å². The Bertz CT molecular complexity index is 1090. The first-order valence-corrected chi connectivity index (χ1v) is 16.3. The summed E-state index contributed by atoms with van der Waals surface area (Å²) in [6.07, 6.45) is 18.5. The molecule has 0 saturated carbocycles. The van der Waals surface area contributed by atoms with Crippen LogP contribution in [-0.2, 0) is 35.5 Å². The molecule has 2 heterocycles. The molecule has 0 radical (unpaired) electrons. The molecule has 1 aromatic carbocycles. The number of carbonyl (C=O) groups is 1. The van der Waals surface area contributed by atoms with Gasteiger partial charge < -0.3 is 9.47 Å². The summed E-state index contributed by atoms with van der Waals surface area (Å²) < 4.78 is 15.2. The molecular formula is C34H54N2O4. The van der Waals surface area contributed by atoms with E-state index in [0.29, 0.717) is 44.2 Å². The molecule has 6 nitrogen and oxygen atoms in total. The Hall–Kier alpha value is -2.34. The van der Waals surface area contributed by atoms with Gasteiger partial charge in [-0.05, 0) is 42.9 Å². The van der Waals surface area contributed by atoms with Gasteiger partial charge in [0.15, 0.2) is 0 Å². The monoisotopic (exact) mass is 554 g/mol. The van der Waals surface area contributed by atoms with Crippen molar-refractivity contribution >= 4 is 5.97 Å². The van der Waals surface area contributed by atoms with E-state index in [1.54, 1.807) is 4.68 Å². The van der Waals surface area contributed by atoms with Crippen molar-refractivity contribution in [3.05, 3.63) is 39.2 Å². The molecule has 1 aromatic heterocycles. The van der Waals surface area contributed by atoms with E-state index in [-0.39, 0.29) is 11.5 Å². The van der Waals surface area contributed by atoms with Gasteiger partial charge in [-0.15, -0.1) is 0 Å². The van der Waals surface area contributed by atoms with Gasteiger partial charge in [0.2, 0.25) is 5.88 Å². The van der Waals surface area contributed by atoms with Gasteiger partial charge >= 0.3 is 5.97 Å². The molecule has 0 fully saturated rings. The summed E-state index contributed by atoms with van der Waals surface area (Å²) in [7, 11) is 0. The van der Waals surface area contributed by atoms with Gasteiger partial charge in [-0.1, -0.05) is 116 Å². The highest BCUT2D eigenvalue weighted by Gasteiger charge is 2.28. The molecule has 0 amide bonds. The zero-order chi connectivity index (χ0) is 28.7. The standard InChI is InChI=1S/C34H54N2O4/c1-5-8-9-10-11-12-13-14-15-16-17-18-19-20-30(37)40-34-32(33(38)35-21-23-39-24-22-36(34)35)31-28(6-2)25-27(4)26-29(31)7-3/h25-26H,5-24H2,1-4H3. The fourth-order valence-electron chi connectivity index (χ4n) is 6.00. The second-order valence-electron chi connectivity index (χ2n) is 11.5. The maximum atomic E-state index is 13.8. The van der Waals surface area contributed by atoms with Crippen molar-refractivity contribution in [1.29, 1.82) is 0 Å². The zero-order valence-electron chi connectivity index (χ0n) is 25.8. The van der Waals surface area contributed by atoms with Crippen LogP contribution in [0.3, 0.4) is 0 Å². The Morgan fingerprint density at radius 2 is 1.25 bits per heavy atom. The third-order valence-electron chi connectivity index (χ3n) is 8.24. The third kappa shape index (κ3) is 9.09. The number of esters is 1. The molecule has 0 spiro atoms. The summed E-state index contributed by atoms with van der Waals surface area (Å²) in [6.45, 7) is 10.5. The molecule has 0 N–H and O–H groups in total. The smallest absolute Gasteiger partial charge is 0.312 e. The minimum Gasteiger partial charge on any atom is -0.407 e. The van der Waals surface area contributed by atoms with Crippen LogP contribution in [0.4, 0.5) is 0 Å². The van der Waals surface area contributed by atoms with Crippen LogP contribution >= 0.6 is 0 Å². The number of hydrogen-bond donors (Lipinski definition) is 0. The van der Waals surface area contributed by atoms with Crippen LogP contribution in [0.25, 0.3) is 11.1 Å². The molecule has 1 aliphatic rings. The Morgan fingerprint density at radius 1 is 0.750 bits per heavy atom. The second-order valence-corrected chi connectivity index (χ2v) is 11.5. The van der Waals surface area contributed by atoms with E-state index in [1.807, 2.05) is 4.68 Å². The number of nitrogens with zero attached hydrogens (tertiary/aromatic N) is 2. The summed E-state index contributed by atoms with van der Waals surface area (Å²) >= 11 is 0. The van der Waals surface area contributed by atoms with Crippen molar-refractivity contribution in [2.75, 3.05) is 13.2 Å². The fraction of sp³-hybridized carbons (Fsp3) is 0.706. The Morgan fingerprint density at radius 3 is 1.77 bits per heavy atom. The highest BCUT2D eigenvalue weighted by molar-refractivity contribution is 5.80. The minimum absolute atomic E-state index is 0.0949. The number of fused-ring (bicyclic) bond motifs is 1. The highest BCUT2D eigenvalue weighted by atomic mass is 16.5. The molecule has 0 unspecified atom stereocenters. The van der Waals surface area contributed by atoms with Crippen molar-refractivity contribution in [2.24, 2.45) is 0 Å². The Kier molecular flexibility index (Phi) is 14.1. The molecule has 40 heavy (non-hydrogen) atoms. The second kappa shape index (κ2) is 17.5. The van der Waals surface area contributed by atoms with Crippen LogP contribution in [0, 0.1) is 6.92 Å². The first-order valence-electron chi connectivity index (χ1n) is 16.3. The summed E-state index contributed by atoms with van der Waals surface area (Å²) in [5.41, 5.74) is 4.82. The predicted molar refractivity (Wildman–Crippen MR) is 164 cm³/mol. The number of rotatable bonds is 18. The van der Waals surface area contributed by atoms with E-state index >= 15 is 0 Å². The number of hydrogen-bond acceptors (Lipinski definition) is 4. The van der Waals surface area contributed by atoms with Crippen LogP contribution in [-0.4, -0.2) is 28.5 Å². The number of aromatic nitrogens is 2. The molecule has 1 aliphatic heterocycles. The summed E-state index contributed by atoms with van der Waals surface area (Å²) in [6, 6.07) is 4.31. The average Bonchev–Trinajstić information content (AvgIpc) is 3.09. The van der Waals surface area contributed by atoms with Gasteiger partial charge in [-0.25, -0.2) is 9.36 Å². The maximum Gasteiger partial charge on any atom is 0.312 e. The molecule has 3 rings (SSSR count). The SMILES string of the molecule is CCCCCCCCCCCCCCCC(=O)Oc1c(-c2c(CC)cc(C)cc2CC)c(=O)n2n1CCOCC2. The summed E-state index contributed by atoms with van der Waals surface area (Å²) in [5, 5.41) is 0. The molecule has 0 atom stereocenters. The topological polar surface area (TPSA) is 62.5 Å². The Labute approximate surface area is 242 Å². The fourth-order valence-corrected chi connectivity index (χ4v) is 6.00. The average molecular weight is 555 g/mol. The van der Waals surface area contributed by atoms with E-state index < -0.39 is 0 Å². The number of aryl methyl sites for hydroxylation is 3. The minimum atomic E-state index is -0.251. The first-order chi connectivity index (χ1) is 19.5. The first kappa shape index (κ1) is 32.2. The van der Waals surface area contributed by atoms with E-state index in [1.165, 1.54) is 69.8 Å². The quantitative estimate of drug-likeness (QED) is 0.138. The van der Waals surface area contributed by atoms with E-state index in [4.69, 9.17) is 9.47 Å². The van der Waals surface area contributed by atoms with Gasteiger partial charge in [0.05, 0.1) is 26.3 Å². The number of carbonyl (C=O) groups excluding carboxylic acids is 1. The van der Waals surface area contributed by atoms with Gasteiger partial charge in [0.25, 0.3) is 5.56 Å². The lowest BCUT2D eigenvalue weighted by molar-refractivity contribution is -0.135. The lowest BCUT2D eigenvalue weighted by Crippen LogP contribution is -2.24. The molecule has 2 aromatic rings. The van der Waals surface area contributed by atoms with Crippen LogP contribution in [0.2, 0.25) is 0 Å². The maximum absolute atomic E-state index is 13.8. The molecule has 0 aliphatic carbocycles. The summed E-state index contributed by atoms with van der Waals surface area (Å²) in [4.78, 5) is 26.8. The van der Waals surface area contributed by atoms with Crippen molar-refractivity contribution < 1.29 is 14.3 Å². The zero-order valence-corrected chi connectivity index (χ0v) is 25.8. The van der Waals surface area contributed by atoms with Crippen LogP contribution in [0.15, 0.2) is 16.9 Å². The van der Waals surface area contributed by atoms with Crippen molar-refractivity contribution in [2.45, 2.75) is 144 Å². The lowest BCUT2D eigenvalue weighted by atomic mass is 9.91. The molecular weight excluding hydrogens is 500 g/mol. The number of benzene rings is 1. The van der Waals surface area contributed by atoms with Gasteiger partial charge in [-0.3, -0.25) is 9.59 Å². The summed E-state index contributed by atoms with van der Waals surface area (Å²) in [5.74, 6) is 0.141. The third-order valence-corrected chi connectivity index (χ3v) is 8.24. The largest absolute Gasteiger partial charge is 0.407 e. The number of unbranched alkanes of at least 4 members (excludes halogenated alkanes) is 12. The van der Waals surface area contributed by atoms with Crippen molar-refractivity contribution in [3.63, 3.8) is 0 Å². The van der Waals surface area contributed by atoms with Crippen molar-refractivity contribution in [1.82, 2.24) is 9.36 Å². The molecule has 224 valence electrons. The lowest BCUT2D eigenvalue weighted by Gasteiger charge is -2.16. The van der Waals surface area contributed by atoms with Crippen LogP contribution in [0.5, 0.6) is 5.88 Å². The molecule has 0 bridgehead atoms.